The molecule has 8 rings (SSSR count). The first-order chi connectivity index (χ1) is 19.6. The Kier molecular flexibility index (Phi) is 4.92. The molecule has 2 heterocycles. The van der Waals surface area contributed by atoms with Gasteiger partial charge in [0.2, 0.25) is 0 Å². The largest absolute Gasteiger partial charge is 0.334 e. The summed E-state index contributed by atoms with van der Waals surface area (Å²) in [5, 5.41) is 5.06. The van der Waals surface area contributed by atoms with Crippen molar-refractivity contribution < 1.29 is 0 Å². The number of aromatic nitrogens is 4. The minimum absolute atomic E-state index is 1.01. The van der Waals surface area contributed by atoms with Gasteiger partial charge in [0.1, 0.15) is 0 Å². The predicted molar refractivity (Wildman–Crippen MR) is 166 cm³/mol. The van der Waals surface area contributed by atoms with Gasteiger partial charge in [-0.05, 0) is 103 Å². The van der Waals surface area contributed by atoms with Crippen molar-refractivity contribution in [2.75, 3.05) is 0 Å². The zero-order valence-corrected chi connectivity index (χ0v) is 22.3. The van der Waals surface area contributed by atoms with Crippen molar-refractivity contribution in [2.24, 2.45) is 14.1 Å². The quantitative estimate of drug-likeness (QED) is 0.221. The Morgan fingerprint density at radius 2 is 0.900 bits per heavy atom. The molecule has 4 nitrogen and oxygen atoms in total. The highest BCUT2D eigenvalue weighted by Gasteiger charge is 2.12. The second-order valence-electron chi connectivity index (χ2n) is 10.6. The van der Waals surface area contributed by atoms with Crippen molar-refractivity contribution in [2.45, 2.75) is 0 Å². The van der Waals surface area contributed by atoms with Gasteiger partial charge in [0, 0.05) is 14.1 Å². The first kappa shape index (κ1) is 22.7. The van der Waals surface area contributed by atoms with Crippen molar-refractivity contribution in [1.82, 2.24) is 19.1 Å². The molecule has 40 heavy (non-hydrogen) atoms. The molecule has 0 bridgehead atoms. The Morgan fingerprint density at radius 1 is 0.425 bits per heavy atom. The van der Waals surface area contributed by atoms with E-state index >= 15 is 0 Å². The van der Waals surface area contributed by atoms with Crippen LogP contribution in [0, 0.1) is 0 Å². The second-order valence-corrected chi connectivity index (χ2v) is 10.6. The topological polar surface area (TPSA) is 35.6 Å². The van der Waals surface area contributed by atoms with Gasteiger partial charge in [-0.15, -0.1) is 0 Å². The molecule has 0 spiro atoms. The van der Waals surface area contributed by atoms with Crippen LogP contribution in [0.1, 0.15) is 0 Å². The van der Waals surface area contributed by atoms with E-state index in [0.717, 1.165) is 22.1 Å². The van der Waals surface area contributed by atoms with E-state index in [0.29, 0.717) is 0 Å². The molecule has 190 valence electrons. The fourth-order valence-corrected chi connectivity index (χ4v) is 5.92. The van der Waals surface area contributed by atoms with E-state index in [4.69, 9.17) is 0 Å². The molecule has 0 radical (unpaired) electrons. The van der Waals surface area contributed by atoms with Crippen molar-refractivity contribution in [3.63, 3.8) is 0 Å². The maximum atomic E-state index is 4.52. The first-order valence-electron chi connectivity index (χ1n) is 13.5. The SMILES string of the molecule is Cn1cnc2ccc(-c3cc(-c4ccc5ccc6ccccc6c5c4)cc(-c4ccc5ncn(C)c5c4)c3)cc21. The van der Waals surface area contributed by atoms with Crippen LogP contribution < -0.4 is 0 Å². The van der Waals surface area contributed by atoms with E-state index in [1.54, 1.807) is 0 Å². The van der Waals surface area contributed by atoms with E-state index in [9.17, 15) is 0 Å². The number of imidazole rings is 2. The monoisotopic (exact) mass is 514 g/mol. The number of hydrogen-bond donors (Lipinski definition) is 0. The summed E-state index contributed by atoms with van der Waals surface area (Å²) in [5.74, 6) is 0. The van der Waals surface area contributed by atoms with Crippen LogP contribution in [0.25, 0.3) is 77.0 Å². The fraction of sp³-hybridized carbons (Fsp3) is 0.0556. The van der Waals surface area contributed by atoms with E-state index < -0.39 is 0 Å². The van der Waals surface area contributed by atoms with Gasteiger partial charge in [0.25, 0.3) is 0 Å². The number of aryl methyl sites for hydroxylation is 2. The van der Waals surface area contributed by atoms with Crippen LogP contribution in [0.3, 0.4) is 0 Å². The number of hydrogen-bond acceptors (Lipinski definition) is 2. The molecule has 0 amide bonds. The van der Waals surface area contributed by atoms with Crippen LogP contribution in [0.15, 0.2) is 122 Å². The zero-order valence-electron chi connectivity index (χ0n) is 22.3. The highest BCUT2D eigenvalue weighted by Crippen LogP contribution is 2.36. The van der Waals surface area contributed by atoms with Gasteiger partial charge in [-0.1, -0.05) is 60.7 Å². The van der Waals surface area contributed by atoms with E-state index in [1.165, 1.54) is 54.9 Å². The third kappa shape index (κ3) is 3.61. The van der Waals surface area contributed by atoms with Crippen molar-refractivity contribution in [3.05, 3.63) is 122 Å². The van der Waals surface area contributed by atoms with Crippen LogP contribution in [0.2, 0.25) is 0 Å². The number of nitrogens with zero attached hydrogens (tertiary/aromatic N) is 4. The molecule has 6 aromatic carbocycles. The molecular weight excluding hydrogens is 488 g/mol. The Morgan fingerprint density at radius 3 is 1.50 bits per heavy atom. The molecule has 0 unspecified atom stereocenters. The highest BCUT2D eigenvalue weighted by atomic mass is 15.0. The Bertz CT molecular complexity index is 2150. The normalized spacial score (nSPS) is 11.8. The average Bonchev–Trinajstić information content (AvgIpc) is 3.57. The van der Waals surface area contributed by atoms with Crippen LogP contribution >= 0.6 is 0 Å². The van der Waals surface area contributed by atoms with Gasteiger partial charge in [0.05, 0.1) is 34.7 Å². The van der Waals surface area contributed by atoms with E-state index in [2.05, 4.69) is 128 Å². The van der Waals surface area contributed by atoms with E-state index in [1.807, 2.05) is 26.7 Å². The van der Waals surface area contributed by atoms with Crippen LogP contribution in [-0.4, -0.2) is 19.1 Å². The molecule has 0 atom stereocenters. The van der Waals surface area contributed by atoms with Gasteiger partial charge in [-0.3, -0.25) is 0 Å². The number of fused-ring (bicyclic) bond motifs is 5. The Balaban J connectivity index is 1.37. The summed E-state index contributed by atoms with van der Waals surface area (Å²) in [6.07, 6.45) is 3.75. The molecule has 0 saturated carbocycles. The first-order valence-corrected chi connectivity index (χ1v) is 13.5. The van der Waals surface area contributed by atoms with Crippen LogP contribution in [-0.2, 0) is 14.1 Å². The summed E-state index contributed by atoms with van der Waals surface area (Å²) in [6.45, 7) is 0. The number of rotatable bonds is 3. The third-order valence-corrected chi connectivity index (χ3v) is 8.13. The Hall–Kier alpha value is -5.22. The molecule has 0 aliphatic heterocycles. The fourth-order valence-electron chi connectivity index (χ4n) is 5.92. The summed E-state index contributed by atoms with van der Waals surface area (Å²) in [4.78, 5) is 9.05. The second kappa shape index (κ2) is 8.65. The minimum Gasteiger partial charge on any atom is -0.334 e. The van der Waals surface area contributed by atoms with Gasteiger partial charge >= 0.3 is 0 Å². The molecule has 2 aromatic heterocycles. The zero-order chi connectivity index (χ0) is 26.8. The smallest absolute Gasteiger partial charge is 0.0955 e. The third-order valence-electron chi connectivity index (χ3n) is 8.13. The summed E-state index contributed by atoms with van der Waals surface area (Å²) in [5.41, 5.74) is 11.4. The molecule has 8 aromatic rings. The van der Waals surface area contributed by atoms with Gasteiger partial charge in [-0.25, -0.2) is 9.97 Å². The van der Waals surface area contributed by atoms with Crippen LogP contribution in [0.5, 0.6) is 0 Å². The predicted octanol–water partition coefficient (Wildman–Crippen LogP) is 8.77. The molecule has 0 aliphatic rings. The summed E-state index contributed by atoms with van der Waals surface area (Å²) >= 11 is 0. The van der Waals surface area contributed by atoms with Crippen molar-refractivity contribution in [1.29, 1.82) is 0 Å². The van der Waals surface area contributed by atoms with Crippen LogP contribution in [0.4, 0.5) is 0 Å². The van der Waals surface area contributed by atoms with E-state index in [-0.39, 0.29) is 0 Å². The van der Waals surface area contributed by atoms with Gasteiger partial charge < -0.3 is 9.13 Å². The lowest BCUT2D eigenvalue weighted by atomic mass is 9.91. The molecule has 4 heteroatoms. The standard InChI is InChI=1S/C36H26N4/c1-39-21-37-33-13-11-26(19-35(33)39)29-15-28(16-30(17-29)27-12-14-34-36(20-27)40(2)22-38-34)25-10-9-24-8-7-23-5-3-4-6-31(23)32(24)18-25/h3-22H,1-2H3. The minimum atomic E-state index is 1.01. The highest BCUT2D eigenvalue weighted by molar-refractivity contribution is 6.08. The summed E-state index contributed by atoms with van der Waals surface area (Å²) < 4.78 is 4.16. The maximum Gasteiger partial charge on any atom is 0.0955 e. The summed E-state index contributed by atoms with van der Waals surface area (Å²) in [7, 11) is 4.09. The average molecular weight is 515 g/mol. The van der Waals surface area contributed by atoms with Gasteiger partial charge in [-0.2, -0.15) is 0 Å². The maximum absolute atomic E-state index is 4.52. The molecule has 0 fully saturated rings. The van der Waals surface area contributed by atoms with Crippen molar-refractivity contribution in [3.8, 4) is 33.4 Å². The molecule has 0 aliphatic carbocycles. The number of benzene rings is 6. The lowest BCUT2D eigenvalue weighted by Gasteiger charge is -2.13. The lowest BCUT2D eigenvalue weighted by Crippen LogP contribution is -1.89. The molecule has 0 saturated heterocycles. The lowest BCUT2D eigenvalue weighted by molar-refractivity contribution is 0.948. The van der Waals surface area contributed by atoms with Gasteiger partial charge in [0.15, 0.2) is 0 Å². The molecule has 0 N–H and O–H groups in total. The Labute approximate surface area is 231 Å². The summed E-state index contributed by atoms with van der Waals surface area (Å²) in [6, 6.07) is 39.9. The van der Waals surface area contributed by atoms with Crippen molar-refractivity contribution >= 4 is 43.6 Å². The molecular formula is C36H26N4.